The molecule has 1 aliphatic heterocycles. The van der Waals surface area contributed by atoms with Crippen molar-refractivity contribution >= 4 is 23.5 Å². The van der Waals surface area contributed by atoms with Gasteiger partial charge in [-0.2, -0.15) is 0 Å². The molecule has 24 heavy (non-hydrogen) atoms. The Hall–Kier alpha value is -1.94. The van der Waals surface area contributed by atoms with Gasteiger partial charge in [0.05, 0.1) is 0 Å². The molecule has 0 bridgehead atoms. The van der Waals surface area contributed by atoms with Gasteiger partial charge in [0.1, 0.15) is 0 Å². The van der Waals surface area contributed by atoms with Crippen LogP contribution in [0.15, 0.2) is 53.4 Å². The van der Waals surface area contributed by atoms with Gasteiger partial charge in [0.15, 0.2) is 0 Å². The highest BCUT2D eigenvalue weighted by molar-refractivity contribution is 7.98. The summed E-state index contributed by atoms with van der Waals surface area (Å²) < 4.78 is 0. The molecule has 2 amide bonds. The molecule has 1 fully saturated rings. The number of amides is 2. The van der Waals surface area contributed by atoms with Crippen molar-refractivity contribution in [2.75, 3.05) is 24.7 Å². The number of benzene rings is 2. The van der Waals surface area contributed by atoms with Crippen molar-refractivity contribution in [3.8, 4) is 0 Å². The molecule has 1 heterocycles. The molecule has 3 rings (SSSR count). The molecule has 4 heteroatoms. The Bertz CT molecular complexity index is 691. The molecule has 2 aromatic carbocycles. The number of hydrogen-bond acceptors (Lipinski definition) is 2. The van der Waals surface area contributed by atoms with Crippen molar-refractivity contribution in [3.05, 3.63) is 59.7 Å². The molecule has 1 N–H and O–H groups in total. The molecule has 1 saturated heterocycles. The summed E-state index contributed by atoms with van der Waals surface area (Å²) in [4.78, 5) is 15.6. The zero-order chi connectivity index (χ0) is 16.9. The van der Waals surface area contributed by atoms with Crippen LogP contribution in [0, 0.1) is 6.92 Å². The lowest BCUT2D eigenvalue weighted by Gasteiger charge is -2.32. The van der Waals surface area contributed by atoms with E-state index < -0.39 is 0 Å². The molecule has 0 radical (unpaired) electrons. The molecule has 0 aromatic heterocycles. The van der Waals surface area contributed by atoms with E-state index in [2.05, 4.69) is 36.5 Å². The van der Waals surface area contributed by atoms with Crippen LogP contribution < -0.4 is 5.32 Å². The number of urea groups is 1. The topological polar surface area (TPSA) is 32.3 Å². The second-order valence-electron chi connectivity index (χ2n) is 6.28. The van der Waals surface area contributed by atoms with Crippen LogP contribution in [0.3, 0.4) is 0 Å². The lowest BCUT2D eigenvalue weighted by atomic mass is 9.87. The number of carbonyl (C=O) groups is 1. The maximum atomic E-state index is 12.4. The van der Waals surface area contributed by atoms with Crippen molar-refractivity contribution in [1.82, 2.24) is 4.90 Å². The standard InChI is InChI=1S/C20H24N2OS/c1-15-5-3-4-6-19(15)16-11-13-22(14-12-16)20(23)21-17-7-9-18(24-2)10-8-17/h3-10,16H,11-14H2,1-2H3,(H,21,23). The molecule has 3 nitrogen and oxygen atoms in total. The maximum absolute atomic E-state index is 12.4. The minimum atomic E-state index is 0.00938. The van der Waals surface area contributed by atoms with Crippen LogP contribution in [-0.4, -0.2) is 30.3 Å². The number of nitrogens with zero attached hydrogens (tertiary/aromatic N) is 1. The van der Waals surface area contributed by atoms with Crippen LogP contribution in [0.1, 0.15) is 29.9 Å². The number of rotatable bonds is 3. The average molecular weight is 340 g/mol. The number of likely N-dealkylation sites (tertiary alicyclic amines) is 1. The van der Waals surface area contributed by atoms with E-state index in [4.69, 9.17) is 0 Å². The fraction of sp³-hybridized carbons (Fsp3) is 0.350. The monoisotopic (exact) mass is 340 g/mol. The zero-order valence-corrected chi connectivity index (χ0v) is 15.1. The Morgan fingerprint density at radius 2 is 1.75 bits per heavy atom. The molecule has 126 valence electrons. The quantitative estimate of drug-likeness (QED) is 0.786. The van der Waals surface area contributed by atoms with Gasteiger partial charge in [-0.1, -0.05) is 24.3 Å². The maximum Gasteiger partial charge on any atom is 0.321 e. The summed E-state index contributed by atoms with van der Waals surface area (Å²) in [6, 6.07) is 16.6. The molecule has 0 atom stereocenters. The van der Waals surface area contributed by atoms with E-state index in [0.29, 0.717) is 5.92 Å². The predicted molar refractivity (Wildman–Crippen MR) is 102 cm³/mol. The first-order chi connectivity index (χ1) is 11.7. The zero-order valence-electron chi connectivity index (χ0n) is 14.3. The van der Waals surface area contributed by atoms with E-state index in [1.165, 1.54) is 16.0 Å². The normalized spacial score (nSPS) is 15.3. The minimum Gasteiger partial charge on any atom is -0.324 e. The van der Waals surface area contributed by atoms with Gasteiger partial charge >= 0.3 is 6.03 Å². The largest absolute Gasteiger partial charge is 0.324 e. The summed E-state index contributed by atoms with van der Waals surface area (Å²) in [5.74, 6) is 0.566. The van der Waals surface area contributed by atoms with Gasteiger partial charge in [0, 0.05) is 23.7 Å². The van der Waals surface area contributed by atoms with Crippen LogP contribution in [0.25, 0.3) is 0 Å². The third-order valence-electron chi connectivity index (χ3n) is 4.75. The third-order valence-corrected chi connectivity index (χ3v) is 5.50. The van der Waals surface area contributed by atoms with Crippen LogP contribution in [0.5, 0.6) is 0 Å². The van der Waals surface area contributed by atoms with Gasteiger partial charge in [-0.05, 0) is 67.3 Å². The first-order valence-corrected chi connectivity index (χ1v) is 9.65. The van der Waals surface area contributed by atoms with E-state index >= 15 is 0 Å². The second kappa shape index (κ2) is 7.75. The van der Waals surface area contributed by atoms with Gasteiger partial charge in [-0.3, -0.25) is 0 Å². The molecular weight excluding hydrogens is 316 g/mol. The first-order valence-electron chi connectivity index (χ1n) is 8.43. The Morgan fingerprint density at radius 1 is 1.08 bits per heavy atom. The minimum absolute atomic E-state index is 0.00938. The number of carbonyl (C=O) groups excluding carboxylic acids is 1. The van der Waals surface area contributed by atoms with Crippen LogP contribution in [0.4, 0.5) is 10.5 Å². The van der Waals surface area contributed by atoms with Crippen molar-refractivity contribution in [2.45, 2.75) is 30.6 Å². The van der Waals surface area contributed by atoms with Crippen molar-refractivity contribution in [3.63, 3.8) is 0 Å². The van der Waals surface area contributed by atoms with Gasteiger partial charge in [-0.15, -0.1) is 11.8 Å². The van der Waals surface area contributed by atoms with E-state index in [1.54, 1.807) is 11.8 Å². The summed E-state index contributed by atoms with van der Waals surface area (Å²) in [6.45, 7) is 3.80. The van der Waals surface area contributed by atoms with E-state index in [0.717, 1.165) is 31.6 Å². The average Bonchev–Trinajstić information content (AvgIpc) is 2.63. The molecular formula is C20H24N2OS. The highest BCUT2D eigenvalue weighted by Crippen LogP contribution is 2.30. The molecule has 1 aliphatic rings. The fourth-order valence-electron chi connectivity index (χ4n) is 3.32. The Kier molecular flexibility index (Phi) is 5.46. The van der Waals surface area contributed by atoms with Crippen molar-refractivity contribution < 1.29 is 4.79 Å². The third kappa shape index (κ3) is 3.93. The number of anilines is 1. The van der Waals surface area contributed by atoms with E-state index in [9.17, 15) is 4.79 Å². The van der Waals surface area contributed by atoms with Crippen molar-refractivity contribution in [1.29, 1.82) is 0 Å². The highest BCUT2D eigenvalue weighted by atomic mass is 32.2. The van der Waals surface area contributed by atoms with E-state index in [-0.39, 0.29) is 6.03 Å². The molecule has 2 aromatic rings. The summed E-state index contributed by atoms with van der Waals surface area (Å²) in [5.41, 5.74) is 3.65. The van der Waals surface area contributed by atoms with Crippen LogP contribution in [-0.2, 0) is 0 Å². The lowest BCUT2D eigenvalue weighted by molar-refractivity contribution is 0.194. The van der Waals surface area contributed by atoms with Crippen LogP contribution >= 0.6 is 11.8 Å². The fourth-order valence-corrected chi connectivity index (χ4v) is 3.72. The summed E-state index contributed by atoms with van der Waals surface area (Å²) in [6.07, 6.45) is 4.11. The number of hydrogen-bond donors (Lipinski definition) is 1. The second-order valence-corrected chi connectivity index (χ2v) is 7.16. The predicted octanol–water partition coefficient (Wildman–Crippen LogP) is 5.13. The Morgan fingerprint density at radius 3 is 2.38 bits per heavy atom. The van der Waals surface area contributed by atoms with Gasteiger partial charge in [-0.25, -0.2) is 4.79 Å². The van der Waals surface area contributed by atoms with E-state index in [1.807, 2.05) is 35.4 Å². The first kappa shape index (κ1) is 16.9. The smallest absolute Gasteiger partial charge is 0.321 e. The van der Waals surface area contributed by atoms with Gasteiger partial charge < -0.3 is 10.2 Å². The van der Waals surface area contributed by atoms with Gasteiger partial charge in [0.2, 0.25) is 0 Å². The summed E-state index contributed by atoms with van der Waals surface area (Å²) in [5, 5.41) is 3.01. The number of thioether (sulfide) groups is 1. The summed E-state index contributed by atoms with van der Waals surface area (Å²) >= 11 is 1.70. The Balaban J connectivity index is 1.56. The lowest BCUT2D eigenvalue weighted by Crippen LogP contribution is -2.40. The van der Waals surface area contributed by atoms with Gasteiger partial charge in [0.25, 0.3) is 0 Å². The molecule has 0 aliphatic carbocycles. The number of nitrogens with one attached hydrogen (secondary N) is 1. The molecule has 0 unspecified atom stereocenters. The number of aryl methyl sites for hydroxylation is 1. The van der Waals surface area contributed by atoms with Crippen LogP contribution in [0.2, 0.25) is 0 Å². The highest BCUT2D eigenvalue weighted by Gasteiger charge is 2.24. The number of piperidine rings is 1. The summed E-state index contributed by atoms with van der Waals surface area (Å²) in [7, 11) is 0. The SMILES string of the molecule is CSc1ccc(NC(=O)N2CCC(c3ccccc3C)CC2)cc1. The molecule has 0 spiro atoms. The van der Waals surface area contributed by atoms with Crippen molar-refractivity contribution in [2.24, 2.45) is 0 Å². The molecule has 0 saturated carbocycles. The Labute approximate surface area is 148 Å².